The van der Waals surface area contributed by atoms with Gasteiger partial charge in [-0.1, -0.05) is 19.8 Å². The molecule has 1 aliphatic carbocycles. The van der Waals surface area contributed by atoms with Gasteiger partial charge in [0.1, 0.15) is 9.84 Å². The zero-order valence-electron chi connectivity index (χ0n) is 11.1. The van der Waals surface area contributed by atoms with Gasteiger partial charge in [0.25, 0.3) is 0 Å². The summed E-state index contributed by atoms with van der Waals surface area (Å²) in [5, 5.41) is 0. The first kappa shape index (κ1) is 14.9. The topological polar surface area (TPSA) is 63.4 Å². The first-order valence-corrected chi connectivity index (χ1v) is 8.40. The van der Waals surface area contributed by atoms with Crippen LogP contribution in [-0.2, 0) is 9.84 Å². The van der Waals surface area contributed by atoms with Crippen LogP contribution in [0.4, 0.5) is 0 Å². The van der Waals surface area contributed by atoms with E-state index >= 15 is 0 Å². The maximum atomic E-state index is 11.4. The van der Waals surface area contributed by atoms with Gasteiger partial charge in [-0.25, -0.2) is 8.42 Å². The van der Waals surface area contributed by atoms with Gasteiger partial charge >= 0.3 is 0 Å². The third kappa shape index (κ3) is 3.93. The molecule has 0 aromatic heterocycles. The first-order chi connectivity index (χ1) is 7.96. The van der Waals surface area contributed by atoms with Crippen molar-refractivity contribution in [3.63, 3.8) is 0 Å². The number of hydrogen-bond donors (Lipinski definition) is 1. The van der Waals surface area contributed by atoms with Crippen molar-refractivity contribution in [2.45, 2.75) is 44.6 Å². The molecule has 0 bridgehead atoms. The molecular formula is C12H26N2O2S. The Hall–Kier alpha value is -0.130. The standard InChI is InChI=1S/C12H26N2O2S/c1-3-17(15,16)10-6-9-14(2)12(11-13)7-4-5-8-12/h3-11,13H2,1-2H3. The Bertz CT molecular complexity index is 321. The van der Waals surface area contributed by atoms with E-state index in [1.54, 1.807) is 6.92 Å². The number of hydrogen-bond acceptors (Lipinski definition) is 4. The lowest BCUT2D eigenvalue weighted by molar-refractivity contribution is 0.132. The summed E-state index contributed by atoms with van der Waals surface area (Å²) in [5.41, 5.74) is 6.03. The van der Waals surface area contributed by atoms with Gasteiger partial charge in [-0.2, -0.15) is 0 Å². The monoisotopic (exact) mass is 262 g/mol. The molecule has 17 heavy (non-hydrogen) atoms. The van der Waals surface area contributed by atoms with Crippen molar-refractivity contribution in [3.8, 4) is 0 Å². The molecule has 1 saturated carbocycles. The molecule has 102 valence electrons. The average Bonchev–Trinajstić information content (AvgIpc) is 2.78. The van der Waals surface area contributed by atoms with Crippen molar-refractivity contribution < 1.29 is 8.42 Å². The zero-order valence-corrected chi connectivity index (χ0v) is 11.9. The lowest BCUT2D eigenvalue weighted by Crippen LogP contribution is -2.50. The van der Waals surface area contributed by atoms with Gasteiger partial charge in [-0.15, -0.1) is 0 Å². The summed E-state index contributed by atoms with van der Waals surface area (Å²) in [6.45, 7) is 3.22. The van der Waals surface area contributed by atoms with Crippen LogP contribution in [0.3, 0.4) is 0 Å². The lowest BCUT2D eigenvalue weighted by Gasteiger charge is -2.38. The van der Waals surface area contributed by atoms with Gasteiger partial charge in [-0.3, -0.25) is 4.90 Å². The molecule has 1 rings (SSSR count). The van der Waals surface area contributed by atoms with E-state index in [1.807, 2.05) is 0 Å². The number of nitrogens with two attached hydrogens (primary N) is 1. The predicted octanol–water partition coefficient (Wildman–Crippen LogP) is 1.01. The largest absolute Gasteiger partial charge is 0.329 e. The summed E-state index contributed by atoms with van der Waals surface area (Å²) < 4.78 is 22.8. The highest BCUT2D eigenvalue weighted by Gasteiger charge is 2.35. The number of nitrogens with zero attached hydrogens (tertiary/aromatic N) is 1. The third-order valence-corrected chi connectivity index (χ3v) is 5.90. The van der Waals surface area contributed by atoms with E-state index in [4.69, 9.17) is 5.73 Å². The molecule has 0 aromatic carbocycles. The molecule has 0 atom stereocenters. The van der Waals surface area contributed by atoms with Crippen LogP contribution >= 0.6 is 0 Å². The van der Waals surface area contributed by atoms with Gasteiger partial charge in [0.05, 0.1) is 5.75 Å². The van der Waals surface area contributed by atoms with Gasteiger partial charge in [0.15, 0.2) is 0 Å². The smallest absolute Gasteiger partial charge is 0.150 e. The lowest BCUT2D eigenvalue weighted by atomic mass is 9.95. The minimum absolute atomic E-state index is 0.135. The van der Waals surface area contributed by atoms with Crippen LogP contribution in [0.5, 0.6) is 0 Å². The molecule has 0 amide bonds. The average molecular weight is 262 g/mol. The molecule has 0 saturated heterocycles. The third-order valence-electron chi connectivity index (χ3n) is 4.11. The summed E-state index contributed by atoms with van der Waals surface area (Å²) in [6.07, 6.45) is 5.51. The quantitative estimate of drug-likeness (QED) is 0.744. The van der Waals surface area contributed by atoms with E-state index < -0.39 is 9.84 Å². The highest BCUT2D eigenvalue weighted by atomic mass is 32.2. The van der Waals surface area contributed by atoms with Crippen LogP contribution in [0.15, 0.2) is 0 Å². The fourth-order valence-electron chi connectivity index (χ4n) is 2.68. The van der Waals surface area contributed by atoms with E-state index in [1.165, 1.54) is 12.8 Å². The zero-order chi connectivity index (χ0) is 12.9. The molecule has 5 heteroatoms. The normalized spacial score (nSPS) is 20.0. The molecule has 0 heterocycles. The number of sulfone groups is 1. The molecule has 1 aliphatic rings. The van der Waals surface area contributed by atoms with Crippen LogP contribution in [0.25, 0.3) is 0 Å². The highest BCUT2D eigenvalue weighted by molar-refractivity contribution is 7.91. The van der Waals surface area contributed by atoms with E-state index in [0.29, 0.717) is 18.7 Å². The minimum Gasteiger partial charge on any atom is -0.329 e. The molecular weight excluding hydrogens is 236 g/mol. The molecule has 0 unspecified atom stereocenters. The van der Waals surface area contributed by atoms with Crippen molar-refractivity contribution in [1.82, 2.24) is 4.90 Å². The predicted molar refractivity (Wildman–Crippen MR) is 71.8 cm³/mol. The Balaban J connectivity index is 2.41. The molecule has 1 fully saturated rings. The van der Waals surface area contributed by atoms with E-state index in [9.17, 15) is 8.42 Å². The fraction of sp³-hybridized carbons (Fsp3) is 1.00. The summed E-state index contributed by atoms with van der Waals surface area (Å²) in [7, 11) is -0.743. The van der Waals surface area contributed by atoms with Crippen LogP contribution in [0.1, 0.15) is 39.0 Å². The molecule has 0 aromatic rings. The van der Waals surface area contributed by atoms with Crippen molar-refractivity contribution in [3.05, 3.63) is 0 Å². The van der Waals surface area contributed by atoms with E-state index in [-0.39, 0.29) is 11.3 Å². The van der Waals surface area contributed by atoms with Gasteiger partial charge in [0, 0.05) is 17.8 Å². The van der Waals surface area contributed by atoms with E-state index in [2.05, 4.69) is 11.9 Å². The number of rotatable bonds is 7. The Kier molecular flexibility index (Phi) is 5.41. The highest BCUT2D eigenvalue weighted by Crippen LogP contribution is 2.33. The molecule has 4 nitrogen and oxygen atoms in total. The Morgan fingerprint density at radius 2 is 1.88 bits per heavy atom. The van der Waals surface area contributed by atoms with Crippen LogP contribution in [0, 0.1) is 0 Å². The van der Waals surface area contributed by atoms with Crippen molar-refractivity contribution in [1.29, 1.82) is 0 Å². The molecule has 2 N–H and O–H groups in total. The molecule has 0 aliphatic heterocycles. The number of likely N-dealkylation sites (N-methyl/N-ethyl adjacent to an activating group) is 1. The summed E-state index contributed by atoms with van der Waals surface area (Å²) in [6, 6.07) is 0. The summed E-state index contributed by atoms with van der Waals surface area (Å²) in [5.74, 6) is 0.549. The SMILES string of the molecule is CCS(=O)(=O)CCCN(C)C1(CN)CCCC1. The Labute approximate surface area is 105 Å². The fourth-order valence-corrected chi connectivity index (χ4v) is 3.54. The summed E-state index contributed by atoms with van der Waals surface area (Å²) in [4.78, 5) is 2.28. The maximum Gasteiger partial charge on any atom is 0.150 e. The Morgan fingerprint density at radius 3 is 2.35 bits per heavy atom. The van der Waals surface area contributed by atoms with Gasteiger partial charge in [-0.05, 0) is 32.9 Å². The second kappa shape index (κ2) is 6.16. The van der Waals surface area contributed by atoms with Crippen LogP contribution < -0.4 is 5.73 Å². The Morgan fingerprint density at radius 1 is 1.29 bits per heavy atom. The molecule has 0 radical (unpaired) electrons. The minimum atomic E-state index is -2.82. The van der Waals surface area contributed by atoms with Gasteiger partial charge < -0.3 is 5.73 Å². The van der Waals surface area contributed by atoms with Crippen molar-refractivity contribution >= 4 is 9.84 Å². The van der Waals surface area contributed by atoms with Crippen molar-refractivity contribution in [2.75, 3.05) is 31.6 Å². The van der Waals surface area contributed by atoms with Crippen molar-refractivity contribution in [2.24, 2.45) is 5.73 Å². The first-order valence-electron chi connectivity index (χ1n) is 6.57. The van der Waals surface area contributed by atoms with Crippen LogP contribution in [0.2, 0.25) is 0 Å². The maximum absolute atomic E-state index is 11.4. The second-order valence-corrected chi connectivity index (χ2v) is 7.62. The second-order valence-electron chi connectivity index (χ2n) is 5.15. The summed E-state index contributed by atoms with van der Waals surface area (Å²) >= 11 is 0. The van der Waals surface area contributed by atoms with Gasteiger partial charge in [0.2, 0.25) is 0 Å². The van der Waals surface area contributed by atoms with Crippen LogP contribution in [-0.4, -0.2) is 50.5 Å². The van der Waals surface area contributed by atoms with E-state index in [0.717, 1.165) is 19.4 Å². The molecule has 0 spiro atoms.